The van der Waals surface area contributed by atoms with Gasteiger partial charge in [-0.15, -0.1) is 0 Å². The Kier molecular flexibility index (Phi) is 3.16. The van der Waals surface area contributed by atoms with Gasteiger partial charge in [0.2, 0.25) is 0 Å². The molecule has 0 saturated carbocycles. The van der Waals surface area contributed by atoms with Gasteiger partial charge < -0.3 is 4.74 Å². The van der Waals surface area contributed by atoms with Crippen molar-refractivity contribution in [3.05, 3.63) is 84.9 Å². The molecule has 4 rings (SSSR count). The van der Waals surface area contributed by atoms with Crippen LogP contribution in [0.4, 0.5) is 0 Å². The number of aromatic nitrogens is 2. The molecular weight excluding hydrogens is 272 g/mol. The molecule has 106 valence electrons. The molecule has 0 aliphatic carbocycles. The van der Waals surface area contributed by atoms with Gasteiger partial charge in [-0.1, -0.05) is 36.4 Å². The van der Waals surface area contributed by atoms with Crippen LogP contribution in [0.2, 0.25) is 0 Å². The molecule has 1 aliphatic rings. The van der Waals surface area contributed by atoms with E-state index in [0.717, 1.165) is 27.9 Å². The Morgan fingerprint density at radius 3 is 2.68 bits per heavy atom. The maximum Gasteiger partial charge on any atom is 0.158 e. The number of fused-ring (bicyclic) bond motifs is 1. The standard InChI is InChI=1S/C19H14N2O/c1-2-8-15-14(7-1)13-17(18-10-4-6-12-22-18)21-19(15)16-9-3-5-11-20-16/h1-13,18H. The second-order valence-corrected chi connectivity index (χ2v) is 5.10. The van der Waals surface area contributed by atoms with Gasteiger partial charge >= 0.3 is 0 Å². The van der Waals surface area contributed by atoms with E-state index in [1.54, 1.807) is 12.5 Å². The van der Waals surface area contributed by atoms with Crippen LogP contribution in [0.15, 0.2) is 79.2 Å². The molecule has 3 heterocycles. The number of hydrogen-bond acceptors (Lipinski definition) is 3. The Morgan fingerprint density at radius 2 is 1.86 bits per heavy atom. The Labute approximate surface area is 128 Å². The van der Waals surface area contributed by atoms with Gasteiger partial charge in [-0.2, -0.15) is 0 Å². The number of rotatable bonds is 2. The van der Waals surface area contributed by atoms with Crippen molar-refractivity contribution in [2.75, 3.05) is 0 Å². The molecule has 3 heteroatoms. The lowest BCUT2D eigenvalue weighted by molar-refractivity contribution is 0.182. The molecule has 22 heavy (non-hydrogen) atoms. The second-order valence-electron chi connectivity index (χ2n) is 5.10. The number of nitrogens with zero attached hydrogens (tertiary/aromatic N) is 2. The van der Waals surface area contributed by atoms with Crippen molar-refractivity contribution < 1.29 is 4.74 Å². The molecule has 1 aromatic carbocycles. The highest BCUT2D eigenvalue weighted by Gasteiger charge is 2.15. The lowest BCUT2D eigenvalue weighted by Gasteiger charge is -2.16. The number of pyridine rings is 2. The third-order valence-corrected chi connectivity index (χ3v) is 3.66. The van der Waals surface area contributed by atoms with Gasteiger partial charge in [-0.05, 0) is 35.7 Å². The van der Waals surface area contributed by atoms with Gasteiger partial charge in [0.05, 0.1) is 23.3 Å². The van der Waals surface area contributed by atoms with Gasteiger partial charge in [-0.25, -0.2) is 4.98 Å². The molecule has 0 bridgehead atoms. The Morgan fingerprint density at radius 1 is 0.955 bits per heavy atom. The van der Waals surface area contributed by atoms with Crippen LogP contribution in [0, 0.1) is 0 Å². The van der Waals surface area contributed by atoms with Crippen LogP contribution in [-0.2, 0) is 4.74 Å². The fourth-order valence-corrected chi connectivity index (χ4v) is 2.62. The van der Waals surface area contributed by atoms with Crippen LogP contribution in [0.5, 0.6) is 0 Å². The molecule has 1 atom stereocenters. The van der Waals surface area contributed by atoms with E-state index in [2.05, 4.69) is 23.2 Å². The van der Waals surface area contributed by atoms with E-state index in [-0.39, 0.29) is 6.10 Å². The summed E-state index contributed by atoms with van der Waals surface area (Å²) in [5.41, 5.74) is 2.65. The molecule has 0 amide bonds. The van der Waals surface area contributed by atoms with E-state index in [9.17, 15) is 0 Å². The summed E-state index contributed by atoms with van der Waals surface area (Å²) in [4.78, 5) is 9.27. The van der Waals surface area contributed by atoms with Gasteiger partial charge in [-0.3, -0.25) is 4.98 Å². The maximum absolute atomic E-state index is 5.65. The number of allylic oxidation sites excluding steroid dienone is 2. The minimum Gasteiger partial charge on any atom is -0.488 e. The molecule has 1 unspecified atom stereocenters. The first kappa shape index (κ1) is 12.8. The van der Waals surface area contributed by atoms with Crippen LogP contribution in [0.1, 0.15) is 11.8 Å². The van der Waals surface area contributed by atoms with Crippen LogP contribution in [0.3, 0.4) is 0 Å². The summed E-state index contributed by atoms with van der Waals surface area (Å²) in [7, 11) is 0. The van der Waals surface area contributed by atoms with E-state index in [4.69, 9.17) is 9.72 Å². The summed E-state index contributed by atoms with van der Waals surface area (Å²) in [5.74, 6) is 0. The fraction of sp³-hybridized carbons (Fsp3) is 0.0526. The smallest absolute Gasteiger partial charge is 0.158 e. The lowest BCUT2D eigenvalue weighted by Crippen LogP contribution is -2.04. The highest BCUT2D eigenvalue weighted by atomic mass is 16.5. The molecule has 0 fully saturated rings. The largest absolute Gasteiger partial charge is 0.488 e. The SMILES string of the molecule is C1=COC(c2cc3ccccc3c(-c3ccccn3)n2)C=C1. The third-order valence-electron chi connectivity index (χ3n) is 3.66. The summed E-state index contributed by atoms with van der Waals surface area (Å²) < 4.78 is 5.65. The molecular formula is C19H14N2O. The zero-order valence-electron chi connectivity index (χ0n) is 11.9. The van der Waals surface area contributed by atoms with E-state index in [0.29, 0.717) is 0 Å². The molecule has 0 radical (unpaired) electrons. The van der Waals surface area contributed by atoms with Crippen LogP contribution in [-0.4, -0.2) is 9.97 Å². The summed E-state index contributed by atoms with van der Waals surface area (Å²) in [6.07, 6.45) is 9.18. The van der Waals surface area contributed by atoms with E-state index in [1.807, 2.05) is 48.6 Å². The molecule has 0 spiro atoms. The van der Waals surface area contributed by atoms with E-state index >= 15 is 0 Å². The number of ether oxygens (including phenoxy) is 1. The monoisotopic (exact) mass is 286 g/mol. The van der Waals surface area contributed by atoms with Crippen molar-refractivity contribution in [2.45, 2.75) is 6.10 Å². The van der Waals surface area contributed by atoms with Crippen LogP contribution >= 0.6 is 0 Å². The number of hydrogen-bond donors (Lipinski definition) is 0. The average molecular weight is 286 g/mol. The highest BCUT2D eigenvalue weighted by Crippen LogP contribution is 2.30. The van der Waals surface area contributed by atoms with Crippen LogP contribution in [0.25, 0.3) is 22.2 Å². The summed E-state index contributed by atoms with van der Waals surface area (Å²) in [6.45, 7) is 0. The first-order valence-electron chi connectivity index (χ1n) is 7.22. The van der Waals surface area contributed by atoms with E-state index in [1.165, 1.54) is 0 Å². The summed E-state index contributed by atoms with van der Waals surface area (Å²) >= 11 is 0. The predicted octanol–water partition coefficient (Wildman–Crippen LogP) is 4.44. The summed E-state index contributed by atoms with van der Waals surface area (Å²) in [6, 6.07) is 16.2. The van der Waals surface area contributed by atoms with Gasteiger partial charge in [0.1, 0.15) is 0 Å². The first-order chi connectivity index (χ1) is 10.9. The topological polar surface area (TPSA) is 35.0 Å². The molecule has 1 aliphatic heterocycles. The number of benzene rings is 1. The Balaban J connectivity index is 1.93. The predicted molar refractivity (Wildman–Crippen MR) is 87.1 cm³/mol. The minimum atomic E-state index is -0.155. The third kappa shape index (κ3) is 2.27. The van der Waals surface area contributed by atoms with Gasteiger partial charge in [0.25, 0.3) is 0 Å². The van der Waals surface area contributed by atoms with Gasteiger partial charge in [0, 0.05) is 11.6 Å². The molecule has 0 N–H and O–H groups in total. The van der Waals surface area contributed by atoms with Crippen molar-refractivity contribution in [3.63, 3.8) is 0 Å². The van der Waals surface area contributed by atoms with Crippen LogP contribution < -0.4 is 0 Å². The molecule has 2 aromatic heterocycles. The molecule has 3 aromatic rings. The van der Waals surface area contributed by atoms with E-state index < -0.39 is 0 Å². The lowest BCUT2D eigenvalue weighted by atomic mass is 10.0. The fourth-order valence-electron chi connectivity index (χ4n) is 2.62. The minimum absolute atomic E-state index is 0.155. The zero-order chi connectivity index (χ0) is 14.8. The normalized spacial score (nSPS) is 16.6. The summed E-state index contributed by atoms with van der Waals surface area (Å²) in [5, 5.41) is 2.24. The van der Waals surface area contributed by atoms with Crippen molar-refractivity contribution >= 4 is 10.8 Å². The first-order valence-corrected chi connectivity index (χ1v) is 7.22. The quantitative estimate of drug-likeness (QED) is 0.698. The van der Waals surface area contributed by atoms with Gasteiger partial charge in [0.15, 0.2) is 6.10 Å². The Hall–Kier alpha value is -2.94. The Bertz CT molecular complexity index is 869. The average Bonchev–Trinajstić information content (AvgIpc) is 2.62. The molecule has 3 nitrogen and oxygen atoms in total. The second kappa shape index (κ2) is 5.45. The zero-order valence-corrected chi connectivity index (χ0v) is 11.9. The van der Waals surface area contributed by atoms with Crippen molar-refractivity contribution in [2.24, 2.45) is 0 Å². The molecule has 0 saturated heterocycles. The van der Waals surface area contributed by atoms with Crippen molar-refractivity contribution in [1.29, 1.82) is 0 Å². The maximum atomic E-state index is 5.65. The van der Waals surface area contributed by atoms with Crippen molar-refractivity contribution in [1.82, 2.24) is 9.97 Å². The highest BCUT2D eigenvalue weighted by molar-refractivity contribution is 5.94. The van der Waals surface area contributed by atoms with Crippen molar-refractivity contribution in [3.8, 4) is 11.4 Å².